The van der Waals surface area contributed by atoms with Crippen LogP contribution < -0.4 is 10.6 Å². The molecule has 3 nitrogen and oxygen atoms in total. The predicted molar refractivity (Wildman–Crippen MR) is 80.1 cm³/mol. The summed E-state index contributed by atoms with van der Waals surface area (Å²) >= 11 is 0. The molecule has 0 aliphatic rings. The minimum Gasteiger partial charge on any atom is -0.351 e. The number of carbonyl (C=O) groups excluding carboxylic acids is 1. The van der Waals surface area contributed by atoms with Gasteiger partial charge in [0, 0.05) is 24.5 Å². The molecule has 112 valence electrons. The summed E-state index contributed by atoms with van der Waals surface area (Å²) in [6.45, 7) is 8.61. The summed E-state index contributed by atoms with van der Waals surface area (Å²) in [5, 5.41) is 6.24. The van der Waals surface area contributed by atoms with Crippen molar-refractivity contribution in [2.24, 2.45) is 0 Å². The van der Waals surface area contributed by atoms with Gasteiger partial charge in [-0.05, 0) is 51.8 Å². The fourth-order valence-electron chi connectivity index (χ4n) is 1.96. The predicted octanol–water partition coefficient (Wildman–Crippen LogP) is 2.65. The molecule has 0 fully saturated rings. The first-order valence-corrected chi connectivity index (χ1v) is 7.05. The van der Waals surface area contributed by atoms with Gasteiger partial charge in [0.05, 0.1) is 0 Å². The summed E-state index contributed by atoms with van der Waals surface area (Å²) in [6, 6.07) is 6.78. The second-order valence-corrected chi connectivity index (χ2v) is 6.23. The first kappa shape index (κ1) is 16.6. The Morgan fingerprint density at radius 3 is 2.40 bits per heavy atom. The second-order valence-electron chi connectivity index (χ2n) is 6.23. The Morgan fingerprint density at radius 2 is 1.85 bits per heavy atom. The fourth-order valence-corrected chi connectivity index (χ4v) is 1.96. The third-order valence-electron chi connectivity index (χ3n) is 2.81. The average molecular weight is 280 g/mol. The van der Waals surface area contributed by atoms with E-state index in [-0.39, 0.29) is 23.3 Å². The van der Waals surface area contributed by atoms with Crippen LogP contribution in [0.3, 0.4) is 0 Å². The van der Waals surface area contributed by atoms with E-state index in [9.17, 15) is 9.18 Å². The van der Waals surface area contributed by atoms with Gasteiger partial charge in [-0.2, -0.15) is 0 Å². The molecule has 4 heteroatoms. The lowest BCUT2D eigenvalue weighted by Gasteiger charge is -2.21. The summed E-state index contributed by atoms with van der Waals surface area (Å²) in [4.78, 5) is 11.6. The van der Waals surface area contributed by atoms with Crippen LogP contribution in [0.25, 0.3) is 0 Å². The highest BCUT2D eigenvalue weighted by Crippen LogP contribution is 2.05. The topological polar surface area (TPSA) is 41.1 Å². The van der Waals surface area contributed by atoms with Crippen molar-refractivity contribution in [1.82, 2.24) is 10.6 Å². The number of hydrogen-bond acceptors (Lipinski definition) is 2. The van der Waals surface area contributed by atoms with E-state index in [1.54, 1.807) is 12.1 Å². The molecule has 0 aliphatic carbocycles. The van der Waals surface area contributed by atoms with Gasteiger partial charge in [0.25, 0.3) is 0 Å². The van der Waals surface area contributed by atoms with Crippen LogP contribution in [0.2, 0.25) is 0 Å². The van der Waals surface area contributed by atoms with E-state index in [1.807, 2.05) is 20.8 Å². The summed E-state index contributed by atoms with van der Waals surface area (Å²) in [7, 11) is 0. The van der Waals surface area contributed by atoms with Crippen LogP contribution in [-0.2, 0) is 11.2 Å². The number of hydrogen-bond donors (Lipinski definition) is 2. The van der Waals surface area contributed by atoms with Gasteiger partial charge in [0.2, 0.25) is 5.91 Å². The largest absolute Gasteiger partial charge is 0.351 e. The Bertz CT molecular complexity index is 423. The van der Waals surface area contributed by atoms with E-state index in [2.05, 4.69) is 17.6 Å². The van der Waals surface area contributed by atoms with Gasteiger partial charge in [0.1, 0.15) is 5.82 Å². The van der Waals surface area contributed by atoms with Crippen LogP contribution in [-0.4, -0.2) is 24.0 Å². The molecule has 0 saturated heterocycles. The van der Waals surface area contributed by atoms with E-state index in [0.29, 0.717) is 13.0 Å². The molecule has 1 atom stereocenters. The first-order chi connectivity index (χ1) is 9.26. The number of carbonyl (C=O) groups is 1. The van der Waals surface area contributed by atoms with Crippen molar-refractivity contribution in [1.29, 1.82) is 0 Å². The summed E-state index contributed by atoms with van der Waals surface area (Å²) in [6.07, 6.45) is 1.28. The van der Waals surface area contributed by atoms with Crippen LogP contribution >= 0.6 is 0 Å². The van der Waals surface area contributed by atoms with E-state index in [1.165, 1.54) is 12.1 Å². The first-order valence-electron chi connectivity index (χ1n) is 7.05. The number of rotatable bonds is 6. The Morgan fingerprint density at radius 1 is 1.25 bits per heavy atom. The highest BCUT2D eigenvalue weighted by molar-refractivity contribution is 5.76. The van der Waals surface area contributed by atoms with Crippen molar-refractivity contribution < 1.29 is 9.18 Å². The van der Waals surface area contributed by atoms with Gasteiger partial charge in [-0.1, -0.05) is 12.1 Å². The van der Waals surface area contributed by atoms with Gasteiger partial charge in [-0.15, -0.1) is 0 Å². The lowest BCUT2D eigenvalue weighted by molar-refractivity contribution is -0.122. The third-order valence-corrected chi connectivity index (χ3v) is 2.81. The molecule has 20 heavy (non-hydrogen) atoms. The maximum Gasteiger partial charge on any atom is 0.221 e. The van der Waals surface area contributed by atoms with Gasteiger partial charge in [-0.3, -0.25) is 4.79 Å². The normalized spacial score (nSPS) is 13.1. The molecule has 1 amide bonds. The van der Waals surface area contributed by atoms with Crippen molar-refractivity contribution in [3.63, 3.8) is 0 Å². The number of benzene rings is 1. The van der Waals surface area contributed by atoms with Crippen LogP contribution in [0.15, 0.2) is 24.3 Å². The molecule has 0 heterocycles. The van der Waals surface area contributed by atoms with Crippen molar-refractivity contribution in [3.05, 3.63) is 35.6 Å². The van der Waals surface area contributed by atoms with E-state index in [4.69, 9.17) is 0 Å². The standard InChI is InChI=1S/C16H25FN2O/c1-12(11-13-5-7-14(17)8-6-13)18-10-9-15(20)19-16(2,3)4/h5-8,12,18H,9-11H2,1-4H3,(H,19,20). The van der Waals surface area contributed by atoms with Crippen molar-refractivity contribution in [3.8, 4) is 0 Å². The van der Waals surface area contributed by atoms with Crippen LogP contribution in [0, 0.1) is 5.82 Å². The number of amides is 1. The van der Waals surface area contributed by atoms with Crippen LogP contribution in [0.5, 0.6) is 0 Å². The summed E-state index contributed by atoms with van der Waals surface area (Å²) in [5.74, 6) is -0.160. The molecule has 0 bridgehead atoms. The molecule has 1 aromatic rings. The Hall–Kier alpha value is -1.42. The molecule has 0 aromatic heterocycles. The van der Waals surface area contributed by atoms with Gasteiger partial charge < -0.3 is 10.6 Å². The highest BCUT2D eigenvalue weighted by Gasteiger charge is 2.13. The number of nitrogens with one attached hydrogen (secondary N) is 2. The molecule has 1 rings (SSSR count). The maximum atomic E-state index is 12.8. The molecule has 0 saturated carbocycles. The Labute approximate surface area is 121 Å². The molecule has 0 radical (unpaired) electrons. The zero-order valence-corrected chi connectivity index (χ0v) is 12.8. The van der Waals surface area contributed by atoms with E-state index < -0.39 is 0 Å². The van der Waals surface area contributed by atoms with Crippen LogP contribution in [0.1, 0.15) is 39.7 Å². The lowest BCUT2D eigenvalue weighted by atomic mass is 10.1. The molecule has 0 spiro atoms. The van der Waals surface area contributed by atoms with E-state index >= 15 is 0 Å². The number of halogens is 1. The third kappa shape index (κ3) is 7.24. The quantitative estimate of drug-likeness (QED) is 0.841. The second kappa shape index (κ2) is 7.39. The maximum absolute atomic E-state index is 12.8. The van der Waals surface area contributed by atoms with E-state index in [0.717, 1.165) is 12.0 Å². The molecular weight excluding hydrogens is 255 g/mol. The fraction of sp³-hybridized carbons (Fsp3) is 0.562. The van der Waals surface area contributed by atoms with Crippen molar-refractivity contribution in [2.45, 2.75) is 52.1 Å². The van der Waals surface area contributed by atoms with Crippen molar-refractivity contribution >= 4 is 5.91 Å². The molecular formula is C16H25FN2O. The molecule has 0 aliphatic heterocycles. The Kier molecular flexibility index (Phi) is 6.14. The van der Waals surface area contributed by atoms with Crippen molar-refractivity contribution in [2.75, 3.05) is 6.54 Å². The molecule has 2 N–H and O–H groups in total. The SMILES string of the molecule is CC(Cc1ccc(F)cc1)NCCC(=O)NC(C)(C)C. The van der Waals surface area contributed by atoms with Gasteiger partial charge in [0.15, 0.2) is 0 Å². The minimum atomic E-state index is -0.215. The monoisotopic (exact) mass is 280 g/mol. The zero-order valence-electron chi connectivity index (χ0n) is 12.8. The molecule has 1 unspecified atom stereocenters. The summed E-state index contributed by atoms with van der Waals surface area (Å²) in [5.41, 5.74) is 0.905. The minimum absolute atomic E-state index is 0.0546. The smallest absolute Gasteiger partial charge is 0.221 e. The zero-order chi connectivity index (χ0) is 15.2. The van der Waals surface area contributed by atoms with Gasteiger partial charge >= 0.3 is 0 Å². The van der Waals surface area contributed by atoms with Gasteiger partial charge in [-0.25, -0.2) is 4.39 Å². The highest BCUT2D eigenvalue weighted by atomic mass is 19.1. The average Bonchev–Trinajstić information content (AvgIpc) is 2.29. The summed E-state index contributed by atoms with van der Waals surface area (Å²) < 4.78 is 12.8. The molecule has 1 aromatic carbocycles. The lowest BCUT2D eigenvalue weighted by Crippen LogP contribution is -2.42. The van der Waals surface area contributed by atoms with Crippen LogP contribution in [0.4, 0.5) is 4.39 Å². The Balaban J connectivity index is 2.25.